The Labute approximate surface area is 130 Å². The maximum atomic E-state index is 4.43. The van der Waals surface area contributed by atoms with Crippen LogP contribution in [0.4, 0.5) is 5.82 Å². The number of rotatable bonds is 4. The van der Waals surface area contributed by atoms with Crippen LogP contribution in [0.2, 0.25) is 0 Å². The molecule has 3 nitrogen and oxygen atoms in total. The van der Waals surface area contributed by atoms with E-state index >= 15 is 0 Å². The molecule has 0 atom stereocenters. The molecule has 2 heterocycles. The van der Waals surface area contributed by atoms with E-state index in [0.717, 1.165) is 45.3 Å². The fraction of sp³-hybridized carbons (Fsp3) is 0.200. The Morgan fingerprint density at radius 1 is 1.15 bits per heavy atom. The maximum absolute atomic E-state index is 4.43. The molecule has 1 aromatic carbocycles. The van der Waals surface area contributed by atoms with E-state index in [4.69, 9.17) is 0 Å². The van der Waals surface area contributed by atoms with E-state index in [9.17, 15) is 0 Å². The van der Waals surface area contributed by atoms with Crippen molar-refractivity contribution < 1.29 is 0 Å². The molecule has 0 aliphatic carbocycles. The summed E-state index contributed by atoms with van der Waals surface area (Å²) in [6, 6.07) is 8.26. The van der Waals surface area contributed by atoms with Crippen LogP contribution in [-0.2, 0) is 0 Å². The molecule has 0 fully saturated rings. The van der Waals surface area contributed by atoms with Gasteiger partial charge < -0.3 is 5.32 Å². The largest absolute Gasteiger partial charge is 0.368 e. The molecule has 0 bridgehead atoms. The molecule has 20 heavy (non-hydrogen) atoms. The Hall–Kier alpha value is -1.46. The van der Waals surface area contributed by atoms with Gasteiger partial charge in [-0.05, 0) is 22.4 Å². The van der Waals surface area contributed by atoms with E-state index in [2.05, 4.69) is 61.3 Å². The lowest BCUT2D eigenvalue weighted by Crippen LogP contribution is -2.04. The smallest absolute Gasteiger partial charge is 0.156 e. The number of nitrogens with one attached hydrogen (secondary N) is 1. The average Bonchev–Trinajstić information content (AvgIpc) is 2.91. The van der Waals surface area contributed by atoms with E-state index < -0.39 is 0 Å². The van der Waals surface area contributed by atoms with Crippen molar-refractivity contribution in [3.63, 3.8) is 0 Å². The Bertz CT molecular complexity index is 739. The summed E-state index contributed by atoms with van der Waals surface area (Å²) in [5, 5.41) is 18.5. The standard InChI is InChI=1S/C15H14BrN3S/c1-2-7-17-15-11-6-4-3-5-10(11)14(18-19-15)12-8-20-9-13(12)16/h3-6,8-9H,2,7H2,1H3,(H,17,19). The minimum absolute atomic E-state index is 0.859. The Balaban J connectivity index is 2.19. The van der Waals surface area contributed by atoms with Gasteiger partial charge in [0.05, 0.1) is 0 Å². The molecule has 5 heteroatoms. The van der Waals surface area contributed by atoms with Crippen LogP contribution in [0, 0.1) is 0 Å². The number of hydrogen-bond acceptors (Lipinski definition) is 4. The summed E-state index contributed by atoms with van der Waals surface area (Å²) in [5.41, 5.74) is 2.02. The van der Waals surface area contributed by atoms with Gasteiger partial charge in [0.1, 0.15) is 5.69 Å². The summed E-state index contributed by atoms with van der Waals surface area (Å²) in [6.07, 6.45) is 1.06. The van der Waals surface area contributed by atoms with Gasteiger partial charge in [0.15, 0.2) is 5.82 Å². The molecule has 0 amide bonds. The van der Waals surface area contributed by atoms with E-state index in [0.29, 0.717) is 0 Å². The molecule has 0 unspecified atom stereocenters. The lowest BCUT2D eigenvalue weighted by Gasteiger charge is -2.10. The minimum Gasteiger partial charge on any atom is -0.368 e. The summed E-state index contributed by atoms with van der Waals surface area (Å²) in [6.45, 7) is 3.04. The summed E-state index contributed by atoms with van der Waals surface area (Å²) < 4.78 is 1.07. The van der Waals surface area contributed by atoms with Crippen molar-refractivity contribution in [3.05, 3.63) is 39.5 Å². The van der Waals surface area contributed by atoms with Crippen LogP contribution < -0.4 is 5.32 Å². The number of halogens is 1. The number of aromatic nitrogens is 2. The molecular formula is C15H14BrN3S. The second-order valence-electron chi connectivity index (χ2n) is 4.50. The first kappa shape index (κ1) is 13.5. The lowest BCUT2D eigenvalue weighted by molar-refractivity contribution is 0.952. The lowest BCUT2D eigenvalue weighted by atomic mass is 10.1. The quantitative estimate of drug-likeness (QED) is 0.725. The molecule has 0 saturated heterocycles. The predicted octanol–water partition coefficient (Wildman–Crippen LogP) is 4.94. The fourth-order valence-electron chi connectivity index (χ4n) is 2.13. The van der Waals surface area contributed by atoms with E-state index in [1.807, 2.05) is 12.1 Å². The van der Waals surface area contributed by atoms with Gasteiger partial charge in [0, 0.05) is 38.1 Å². The molecular weight excluding hydrogens is 334 g/mol. The topological polar surface area (TPSA) is 37.8 Å². The first-order valence-electron chi connectivity index (χ1n) is 6.52. The van der Waals surface area contributed by atoms with Crippen LogP contribution in [0.3, 0.4) is 0 Å². The van der Waals surface area contributed by atoms with Crippen LogP contribution in [-0.4, -0.2) is 16.7 Å². The third kappa shape index (κ3) is 2.43. The molecule has 2 aromatic heterocycles. The van der Waals surface area contributed by atoms with Crippen molar-refractivity contribution in [2.75, 3.05) is 11.9 Å². The third-order valence-corrected chi connectivity index (χ3v) is 4.80. The van der Waals surface area contributed by atoms with Crippen LogP contribution in [0.15, 0.2) is 39.5 Å². The number of fused-ring (bicyclic) bond motifs is 1. The Kier molecular flexibility index (Phi) is 3.98. The number of thiophene rings is 1. The zero-order valence-electron chi connectivity index (χ0n) is 11.1. The molecule has 0 spiro atoms. The van der Waals surface area contributed by atoms with Gasteiger partial charge in [-0.1, -0.05) is 31.2 Å². The van der Waals surface area contributed by atoms with Gasteiger partial charge in [-0.15, -0.1) is 10.2 Å². The molecule has 102 valence electrons. The predicted molar refractivity (Wildman–Crippen MR) is 89.3 cm³/mol. The second-order valence-corrected chi connectivity index (χ2v) is 6.10. The monoisotopic (exact) mass is 347 g/mol. The Morgan fingerprint density at radius 3 is 2.65 bits per heavy atom. The van der Waals surface area contributed by atoms with Crippen LogP contribution in [0.5, 0.6) is 0 Å². The summed E-state index contributed by atoms with van der Waals surface area (Å²) >= 11 is 5.23. The van der Waals surface area contributed by atoms with E-state index in [-0.39, 0.29) is 0 Å². The van der Waals surface area contributed by atoms with Crippen LogP contribution in [0.25, 0.3) is 22.0 Å². The molecule has 0 aliphatic heterocycles. The molecule has 0 radical (unpaired) electrons. The van der Waals surface area contributed by atoms with Crippen molar-refractivity contribution >= 4 is 43.9 Å². The zero-order chi connectivity index (χ0) is 13.9. The van der Waals surface area contributed by atoms with Gasteiger partial charge in [0.2, 0.25) is 0 Å². The highest BCUT2D eigenvalue weighted by Gasteiger charge is 2.13. The highest BCUT2D eigenvalue weighted by Crippen LogP contribution is 2.35. The first-order chi connectivity index (χ1) is 9.81. The van der Waals surface area contributed by atoms with E-state index in [1.165, 1.54) is 0 Å². The van der Waals surface area contributed by atoms with Crippen molar-refractivity contribution in [1.29, 1.82) is 0 Å². The highest BCUT2D eigenvalue weighted by molar-refractivity contribution is 9.10. The van der Waals surface area contributed by atoms with Crippen LogP contribution >= 0.6 is 27.3 Å². The van der Waals surface area contributed by atoms with Crippen molar-refractivity contribution in [1.82, 2.24) is 10.2 Å². The summed E-state index contributed by atoms with van der Waals surface area (Å²) in [7, 11) is 0. The normalized spacial score (nSPS) is 10.9. The third-order valence-electron chi connectivity index (χ3n) is 3.10. The van der Waals surface area contributed by atoms with E-state index in [1.54, 1.807) is 11.3 Å². The molecule has 1 N–H and O–H groups in total. The Morgan fingerprint density at radius 2 is 1.95 bits per heavy atom. The average molecular weight is 348 g/mol. The molecule has 3 aromatic rings. The number of benzene rings is 1. The van der Waals surface area contributed by atoms with Crippen LogP contribution in [0.1, 0.15) is 13.3 Å². The number of nitrogens with zero attached hydrogens (tertiary/aromatic N) is 2. The molecule has 0 saturated carbocycles. The van der Waals surface area contributed by atoms with Gasteiger partial charge >= 0.3 is 0 Å². The molecule has 0 aliphatic rings. The highest BCUT2D eigenvalue weighted by atomic mass is 79.9. The maximum Gasteiger partial charge on any atom is 0.156 e. The summed E-state index contributed by atoms with van der Waals surface area (Å²) in [4.78, 5) is 0. The fourth-order valence-corrected chi connectivity index (χ4v) is 3.59. The van der Waals surface area contributed by atoms with Gasteiger partial charge in [-0.2, -0.15) is 11.3 Å². The van der Waals surface area contributed by atoms with Crippen molar-refractivity contribution in [2.24, 2.45) is 0 Å². The van der Waals surface area contributed by atoms with Gasteiger partial charge in [-0.3, -0.25) is 0 Å². The SMILES string of the molecule is CCCNc1nnc(-c2cscc2Br)c2ccccc12. The zero-order valence-corrected chi connectivity index (χ0v) is 13.5. The van der Waals surface area contributed by atoms with Gasteiger partial charge in [-0.25, -0.2) is 0 Å². The number of hydrogen-bond donors (Lipinski definition) is 1. The van der Waals surface area contributed by atoms with Crippen molar-refractivity contribution in [2.45, 2.75) is 13.3 Å². The van der Waals surface area contributed by atoms with Gasteiger partial charge in [0.25, 0.3) is 0 Å². The first-order valence-corrected chi connectivity index (χ1v) is 8.26. The second kappa shape index (κ2) is 5.89. The summed E-state index contributed by atoms with van der Waals surface area (Å²) in [5.74, 6) is 0.859. The molecule has 3 rings (SSSR count). The minimum atomic E-state index is 0.859. The van der Waals surface area contributed by atoms with Crippen molar-refractivity contribution in [3.8, 4) is 11.3 Å². The number of anilines is 1.